The summed E-state index contributed by atoms with van der Waals surface area (Å²) in [7, 11) is 2.22. The summed E-state index contributed by atoms with van der Waals surface area (Å²) in [5.74, 6) is 0. The average molecular weight is 226 g/mol. The van der Waals surface area contributed by atoms with Gasteiger partial charge in [0.1, 0.15) is 0 Å². The first-order chi connectivity index (χ1) is 7.49. The zero-order valence-electron chi connectivity index (χ0n) is 10.9. The van der Waals surface area contributed by atoms with E-state index in [0.29, 0.717) is 5.54 Å². The van der Waals surface area contributed by atoms with Crippen LogP contribution in [0.1, 0.15) is 39.5 Å². The molecule has 0 unspecified atom stereocenters. The molecule has 1 N–H and O–H groups in total. The van der Waals surface area contributed by atoms with Crippen LogP contribution in [-0.2, 0) is 0 Å². The molecule has 0 aromatic rings. The zero-order chi connectivity index (χ0) is 11.8. The monoisotopic (exact) mass is 226 g/mol. The Kier molecular flexibility index (Phi) is 3.57. The van der Waals surface area contributed by atoms with Crippen LogP contribution in [-0.4, -0.2) is 59.3 Å². The van der Waals surface area contributed by atoms with Crippen LogP contribution < -0.4 is 0 Å². The van der Waals surface area contributed by atoms with Gasteiger partial charge in [0.2, 0.25) is 0 Å². The number of likely N-dealkylation sites (N-methyl/N-ethyl adjacent to an activating group) is 1. The van der Waals surface area contributed by atoms with Gasteiger partial charge in [-0.15, -0.1) is 0 Å². The average Bonchev–Trinajstić information content (AvgIpc) is 2.23. The minimum Gasteiger partial charge on any atom is -0.393 e. The first kappa shape index (κ1) is 12.3. The van der Waals surface area contributed by atoms with E-state index in [-0.39, 0.29) is 6.10 Å². The first-order valence-electron chi connectivity index (χ1n) is 6.62. The molecule has 16 heavy (non-hydrogen) atoms. The Balaban J connectivity index is 1.91. The van der Waals surface area contributed by atoms with E-state index < -0.39 is 0 Å². The van der Waals surface area contributed by atoms with Crippen molar-refractivity contribution in [1.29, 1.82) is 0 Å². The van der Waals surface area contributed by atoms with Gasteiger partial charge in [0.25, 0.3) is 0 Å². The van der Waals surface area contributed by atoms with Crippen molar-refractivity contribution in [3.63, 3.8) is 0 Å². The molecule has 0 aromatic carbocycles. The Morgan fingerprint density at radius 3 is 2.25 bits per heavy atom. The van der Waals surface area contributed by atoms with Crippen molar-refractivity contribution in [3.05, 3.63) is 0 Å². The maximum atomic E-state index is 9.54. The summed E-state index contributed by atoms with van der Waals surface area (Å²) in [6.07, 6.45) is 4.33. The van der Waals surface area contributed by atoms with Gasteiger partial charge in [-0.25, -0.2) is 0 Å². The molecule has 0 aromatic heterocycles. The second-order valence-electron chi connectivity index (χ2n) is 6.17. The smallest absolute Gasteiger partial charge is 0.0541 e. The Bertz CT molecular complexity index is 234. The van der Waals surface area contributed by atoms with Gasteiger partial charge >= 0.3 is 0 Å². The zero-order valence-corrected chi connectivity index (χ0v) is 10.9. The minimum atomic E-state index is -0.0308. The molecule has 2 aliphatic rings. The topological polar surface area (TPSA) is 26.7 Å². The van der Waals surface area contributed by atoms with Gasteiger partial charge in [-0.1, -0.05) is 0 Å². The molecule has 0 amide bonds. The van der Waals surface area contributed by atoms with Crippen LogP contribution in [0.15, 0.2) is 0 Å². The van der Waals surface area contributed by atoms with Crippen LogP contribution in [0.3, 0.4) is 0 Å². The normalized spacial score (nSPS) is 37.5. The molecular formula is C13H26N2O. The summed E-state index contributed by atoms with van der Waals surface area (Å²) in [4.78, 5) is 5.10. The standard InChI is InChI=1S/C13H26N2O/c1-13(2)10-15(9-8-14(13)3)11-4-6-12(16)7-5-11/h11-12,16H,4-10H2,1-3H3. The lowest BCUT2D eigenvalue weighted by Crippen LogP contribution is -2.60. The Morgan fingerprint density at radius 2 is 1.69 bits per heavy atom. The van der Waals surface area contributed by atoms with Gasteiger partial charge in [-0.3, -0.25) is 9.80 Å². The molecular weight excluding hydrogens is 200 g/mol. The van der Waals surface area contributed by atoms with Gasteiger partial charge in [-0.2, -0.15) is 0 Å². The van der Waals surface area contributed by atoms with Crippen LogP contribution in [0.4, 0.5) is 0 Å². The number of hydrogen-bond acceptors (Lipinski definition) is 3. The van der Waals surface area contributed by atoms with Crippen LogP contribution >= 0.6 is 0 Å². The van der Waals surface area contributed by atoms with Crippen molar-refractivity contribution < 1.29 is 5.11 Å². The fourth-order valence-electron chi connectivity index (χ4n) is 3.01. The second kappa shape index (κ2) is 4.63. The molecule has 2 rings (SSSR count). The molecule has 0 bridgehead atoms. The van der Waals surface area contributed by atoms with Gasteiger partial charge in [0.05, 0.1) is 6.10 Å². The Labute approximate surface area is 99.4 Å². The minimum absolute atomic E-state index is 0.0308. The lowest BCUT2D eigenvalue weighted by molar-refractivity contribution is -0.00496. The fraction of sp³-hybridized carbons (Fsp3) is 1.00. The maximum Gasteiger partial charge on any atom is 0.0541 e. The van der Waals surface area contributed by atoms with Crippen LogP contribution in [0.25, 0.3) is 0 Å². The highest BCUT2D eigenvalue weighted by molar-refractivity contribution is 4.92. The number of rotatable bonds is 1. The fourth-order valence-corrected chi connectivity index (χ4v) is 3.01. The molecule has 3 heteroatoms. The molecule has 3 nitrogen and oxygen atoms in total. The molecule has 2 fully saturated rings. The van der Waals surface area contributed by atoms with Crippen molar-refractivity contribution in [2.75, 3.05) is 26.7 Å². The van der Waals surface area contributed by atoms with Crippen molar-refractivity contribution in [1.82, 2.24) is 9.80 Å². The van der Waals surface area contributed by atoms with Crippen LogP contribution in [0.5, 0.6) is 0 Å². The van der Waals surface area contributed by atoms with E-state index in [9.17, 15) is 5.11 Å². The van der Waals surface area contributed by atoms with Crippen molar-refractivity contribution in [2.45, 2.75) is 57.2 Å². The van der Waals surface area contributed by atoms with Crippen LogP contribution in [0.2, 0.25) is 0 Å². The second-order valence-corrected chi connectivity index (χ2v) is 6.17. The first-order valence-corrected chi connectivity index (χ1v) is 6.62. The van der Waals surface area contributed by atoms with Crippen molar-refractivity contribution in [2.24, 2.45) is 0 Å². The summed E-state index contributed by atoms with van der Waals surface area (Å²) in [5.41, 5.74) is 0.300. The number of nitrogens with zero attached hydrogens (tertiary/aromatic N) is 2. The third kappa shape index (κ3) is 2.58. The number of aliphatic hydroxyl groups is 1. The lowest BCUT2D eigenvalue weighted by atomic mass is 9.89. The molecule has 1 aliphatic heterocycles. The Hall–Kier alpha value is -0.120. The van der Waals surface area contributed by atoms with Gasteiger partial charge in [-0.05, 0) is 46.6 Å². The maximum absolute atomic E-state index is 9.54. The molecule has 1 saturated carbocycles. The van der Waals surface area contributed by atoms with Crippen molar-refractivity contribution in [3.8, 4) is 0 Å². The SMILES string of the molecule is CN1CCN(C2CCC(O)CC2)CC1(C)C. The highest BCUT2D eigenvalue weighted by atomic mass is 16.3. The molecule has 1 heterocycles. The highest BCUT2D eigenvalue weighted by Gasteiger charge is 2.35. The van der Waals surface area contributed by atoms with Gasteiger partial charge < -0.3 is 5.11 Å². The van der Waals surface area contributed by atoms with E-state index >= 15 is 0 Å². The summed E-state index contributed by atoms with van der Waals surface area (Å²) < 4.78 is 0. The molecule has 94 valence electrons. The summed E-state index contributed by atoms with van der Waals surface area (Å²) >= 11 is 0. The summed E-state index contributed by atoms with van der Waals surface area (Å²) in [6, 6.07) is 0.719. The molecule has 1 aliphatic carbocycles. The van der Waals surface area contributed by atoms with E-state index in [0.717, 1.165) is 18.9 Å². The molecule has 0 spiro atoms. The number of piperazine rings is 1. The number of aliphatic hydroxyl groups excluding tert-OH is 1. The third-order valence-corrected chi connectivity index (χ3v) is 4.53. The van der Waals surface area contributed by atoms with Gasteiger partial charge in [0, 0.05) is 31.2 Å². The summed E-state index contributed by atoms with van der Waals surface area (Å²) in [6.45, 7) is 8.20. The predicted octanol–water partition coefficient (Wildman–Crippen LogP) is 1.32. The molecule has 1 saturated heterocycles. The van der Waals surface area contributed by atoms with E-state index in [2.05, 4.69) is 30.7 Å². The van der Waals surface area contributed by atoms with Crippen molar-refractivity contribution >= 4 is 0 Å². The van der Waals surface area contributed by atoms with Gasteiger partial charge in [0.15, 0.2) is 0 Å². The molecule has 0 atom stereocenters. The third-order valence-electron chi connectivity index (χ3n) is 4.53. The van der Waals surface area contributed by atoms with E-state index in [1.165, 1.54) is 32.5 Å². The molecule has 0 radical (unpaired) electrons. The largest absolute Gasteiger partial charge is 0.393 e. The van der Waals surface area contributed by atoms with E-state index in [1.54, 1.807) is 0 Å². The predicted molar refractivity (Wildman–Crippen MR) is 66.5 cm³/mol. The van der Waals surface area contributed by atoms with Crippen LogP contribution in [0, 0.1) is 0 Å². The number of hydrogen-bond donors (Lipinski definition) is 1. The highest BCUT2D eigenvalue weighted by Crippen LogP contribution is 2.27. The van der Waals surface area contributed by atoms with E-state index in [1.807, 2.05) is 0 Å². The lowest BCUT2D eigenvalue weighted by Gasteiger charge is -2.49. The summed E-state index contributed by atoms with van der Waals surface area (Å²) in [5, 5.41) is 9.54. The van der Waals surface area contributed by atoms with E-state index in [4.69, 9.17) is 0 Å². The Morgan fingerprint density at radius 1 is 1.06 bits per heavy atom. The quantitative estimate of drug-likeness (QED) is 0.730.